The number of hydrogen-bond donors (Lipinski definition) is 1. The third-order valence-corrected chi connectivity index (χ3v) is 13.3. The molecule has 61 heavy (non-hydrogen) atoms. The van der Waals surface area contributed by atoms with Gasteiger partial charge in [-0.1, -0.05) is 18.2 Å². The molecule has 4 bridgehead atoms. The maximum Gasteiger partial charge on any atom is 0.416 e. The summed E-state index contributed by atoms with van der Waals surface area (Å²) in [6.45, 7) is 4.52. The molecule has 1 unspecified atom stereocenters. The number of aryl methyl sites for hydroxylation is 1. The second-order valence-corrected chi connectivity index (χ2v) is 16.6. The van der Waals surface area contributed by atoms with Crippen LogP contribution in [0.3, 0.4) is 0 Å². The molecule has 6 aliphatic heterocycles. The third-order valence-electron chi connectivity index (χ3n) is 11.9. The zero-order valence-corrected chi connectivity index (χ0v) is 34.9. The average Bonchev–Trinajstić information content (AvgIpc) is 3.71. The molecule has 1 amide bonds. The molecule has 9 rings (SSSR count). The zero-order valence-electron chi connectivity index (χ0n) is 34.1. The van der Waals surface area contributed by atoms with Crippen molar-refractivity contribution in [3.63, 3.8) is 0 Å². The summed E-state index contributed by atoms with van der Waals surface area (Å²) in [6, 6.07) is 4.78. The summed E-state index contributed by atoms with van der Waals surface area (Å²) in [5.41, 5.74) is 3.84. The van der Waals surface area contributed by atoms with Crippen LogP contribution in [0.1, 0.15) is 68.8 Å². The molecule has 1 N–H and O–H groups in total. The Morgan fingerprint density at radius 3 is 2.46 bits per heavy atom. The summed E-state index contributed by atoms with van der Waals surface area (Å²) < 4.78 is 81.3. The van der Waals surface area contributed by atoms with Crippen molar-refractivity contribution in [1.82, 2.24) is 15.1 Å². The van der Waals surface area contributed by atoms with E-state index in [0.717, 1.165) is 34.9 Å². The van der Waals surface area contributed by atoms with Gasteiger partial charge in [-0.05, 0) is 62.2 Å². The minimum Gasteiger partial charge on any atom is -0.493 e. The highest BCUT2D eigenvalue weighted by molar-refractivity contribution is 7.99. The van der Waals surface area contributed by atoms with E-state index in [2.05, 4.69) is 27.3 Å². The lowest BCUT2D eigenvalue weighted by atomic mass is 9.71. The number of carbonyl (C=O) groups is 3. The number of nitriles is 1. The number of methoxy groups -OCH3 is 2. The number of rotatable bonds is 8. The highest BCUT2D eigenvalue weighted by atomic mass is 32.2. The van der Waals surface area contributed by atoms with Gasteiger partial charge >= 0.3 is 18.1 Å². The molecular weight excluding hydrogens is 822 g/mol. The molecule has 0 radical (unpaired) electrons. The molecular formula is C43H43F3N4O10S. The Bertz CT molecular complexity index is 2350. The van der Waals surface area contributed by atoms with Crippen LogP contribution in [0.4, 0.5) is 13.2 Å². The summed E-state index contributed by atoms with van der Waals surface area (Å²) in [5, 5.41) is 13.2. The number of ether oxygens (including phenoxy) is 7. The van der Waals surface area contributed by atoms with Crippen LogP contribution in [0.2, 0.25) is 0 Å². The van der Waals surface area contributed by atoms with E-state index in [-0.39, 0.29) is 37.7 Å². The maximum absolute atomic E-state index is 14.0. The predicted octanol–water partition coefficient (Wildman–Crippen LogP) is 5.73. The molecule has 0 aromatic heterocycles. The van der Waals surface area contributed by atoms with Crippen LogP contribution in [0.15, 0.2) is 36.4 Å². The van der Waals surface area contributed by atoms with Crippen LogP contribution in [0.5, 0.6) is 28.7 Å². The molecule has 0 spiro atoms. The summed E-state index contributed by atoms with van der Waals surface area (Å²) in [5.74, 6) is 0.00138. The fraction of sp³-hybridized carbons (Fsp3) is 0.442. The lowest BCUT2D eigenvalue weighted by Crippen LogP contribution is -2.69. The topological polar surface area (TPSA) is 158 Å². The number of esters is 2. The predicted molar refractivity (Wildman–Crippen MR) is 213 cm³/mol. The van der Waals surface area contributed by atoms with Gasteiger partial charge in [0, 0.05) is 60.2 Å². The number of nitrogens with zero attached hydrogens (tertiary/aromatic N) is 3. The number of likely N-dealkylation sites (N-methyl/N-ethyl adjacent to an activating group) is 1. The van der Waals surface area contributed by atoms with Crippen molar-refractivity contribution in [2.24, 2.45) is 0 Å². The Morgan fingerprint density at radius 2 is 1.79 bits per heavy atom. The van der Waals surface area contributed by atoms with Crippen LogP contribution in [0.25, 0.3) is 6.08 Å². The normalized spacial score (nSPS) is 25.4. The number of fused-ring (bicyclic) bond motifs is 10. The van der Waals surface area contributed by atoms with E-state index < -0.39 is 65.0 Å². The second-order valence-electron chi connectivity index (χ2n) is 15.4. The van der Waals surface area contributed by atoms with Gasteiger partial charge in [0.25, 0.3) is 0 Å². The standard InChI is InChI=1S/C43H43F3N4O10S/c1-20-13-24-14-27-28(15-47)50-29-16-56-42(53)26(48-30(52)12-9-23-7-10-25(11-8-23)43(44,45)46)17-61-41(33-32(29)40-38(58-19-59-40)21(2)37(33)60-22(3)51)35(50)34(49(27)4)31(24)39(36(20)55-6)57-18-54-5/h7-13,26-29,34-35,41H,14,16-19H2,1-6H3,(H,48,52)/b12-9+/t26-,27-,28-,29+,34-,35?,41+/m0/s1. The van der Waals surface area contributed by atoms with Gasteiger partial charge < -0.3 is 38.5 Å². The molecule has 7 atom stereocenters. The Morgan fingerprint density at radius 1 is 1.05 bits per heavy atom. The lowest BCUT2D eigenvalue weighted by molar-refractivity contribution is -0.152. The minimum atomic E-state index is -4.51. The van der Waals surface area contributed by atoms with Gasteiger partial charge in [-0.2, -0.15) is 18.4 Å². The van der Waals surface area contributed by atoms with Crippen molar-refractivity contribution in [1.29, 1.82) is 5.26 Å². The van der Waals surface area contributed by atoms with Gasteiger partial charge in [-0.3, -0.25) is 19.4 Å². The number of halogens is 3. The molecule has 14 nitrogen and oxygen atoms in total. The highest BCUT2D eigenvalue weighted by Crippen LogP contribution is 2.64. The van der Waals surface area contributed by atoms with Crippen LogP contribution < -0.4 is 29.0 Å². The van der Waals surface area contributed by atoms with Crippen LogP contribution in [0, 0.1) is 25.2 Å². The number of hydrogen-bond acceptors (Lipinski definition) is 14. The van der Waals surface area contributed by atoms with Crippen molar-refractivity contribution in [2.75, 3.05) is 47.2 Å². The average molecular weight is 865 g/mol. The van der Waals surface area contributed by atoms with Gasteiger partial charge in [0.15, 0.2) is 29.8 Å². The number of carbonyl (C=O) groups excluding carboxylic acids is 3. The Balaban J connectivity index is 1.27. The van der Waals surface area contributed by atoms with E-state index in [1.54, 1.807) is 14.0 Å². The Kier molecular flexibility index (Phi) is 11.4. The van der Waals surface area contributed by atoms with Gasteiger partial charge in [0.05, 0.1) is 36.1 Å². The van der Waals surface area contributed by atoms with E-state index in [0.29, 0.717) is 51.7 Å². The number of piperazine rings is 1. The fourth-order valence-electron chi connectivity index (χ4n) is 9.48. The first-order valence-corrected chi connectivity index (χ1v) is 20.5. The zero-order chi connectivity index (χ0) is 43.5. The molecule has 2 saturated heterocycles. The first kappa shape index (κ1) is 42.2. The molecule has 0 saturated carbocycles. The summed E-state index contributed by atoms with van der Waals surface area (Å²) >= 11 is 1.32. The molecule has 0 aliphatic carbocycles. The lowest BCUT2D eigenvalue weighted by Gasteiger charge is -2.61. The Labute approximate surface area is 353 Å². The van der Waals surface area contributed by atoms with Crippen molar-refractivity contribution < 1.29 is 60.7 Å². The Hall–Kier alpha value is -5.48. The van der Waals surface area contributed by atoms with Gasteiger partial charge in [0.1, 0.15) is 24.4 Å². The van der Waals surface area contributed by atoms with Crippen LogP contribution in [-0.2, 0) is 36.5 Å². The van der Waals surface area contributed by atoms with Gasteiger partial charge in [-0.25, -0.2) is 4.79 Å². The molecule has 18 heteroatoms. The highest BCUT2D eigenvalue weighted by Gasteiger charge is 2.61. The smallest absolute Gasteiger partial charge is 0.416 e. The van der Waals surface area contributed by atoms with Crippen molar-refractivity contribution in [3.05, 3.63) is 80.9 Å². The van der Waals surface area contributed by atoms with Gasteiger partial charge in [0.2, 0.25) is 12.7 Å². The van der Waals surface area contributed by atoms with Crippen molar-refractivity contribution >= 4 is 35.7 Å². The second kappa shape index (κ2) is 16.4. The monoisotopic (exact) mass is 864 g/mol. The first-order valence-electron chi connectivity index (χ1n) is 19.5. The van der Waals surface area contributed by atoms with E-state index >= 15 is 0 Å². The quantitative estimate of drug-likeness (QED) is 0.127. The van der Waals surface area contributed by atoms with E-state index in [1.807, 2.05) is 14.0 Å². The number of benzene rings is 3. The largest absolute Gasteiger partial charge is 0.493 e. The fourth-order valence-corrected chi connectivity index (χ4v) is 11.0. The molecule has 3 aromatic rings. The van der Waals surface area contributed by atoms with Crippen LogP contribution in [-0.4, -0.2) is 99.0 Å². The summed E-state index contributed by atoms with van der Waals surface area (Å²) in [7, 11) is 5.06. The maximum atomic E-state index is 14.0. The SMILES string of the molecule is COCOc1c(OC)c(C)cc2c1[C@H]1C3[C@@H]4SC[C@H](NC(=O)/C=C/c5ccc(C(F)(F)F)cc5)C(=O)OC[C@H](c5c6c(c(C)c(OC(C)=O)c54)OCO6)N3[C@@H](C#N)[C@H](C2)N1C. The van der Waals surface area contributed by atoms with Crippen molar-refractivity contribution in [3.8, 4) is 34.8 Å². The molecule has 3 aromatic carbocycles. The molecule has 322 valence electrons. The number of nitrogens with one attached hydrogen (secondary N) is 1. The summed E-state index contributed by atoms with van der Waals surface area (Å²) in [6.07, 6.45) is -1.56. The number of thioether (sulfide) groups is 1. The van der Waals surface area contributed by atoms with Crippen LogP contribution >= 0.6 is 11.8 Å². The number of alkyl halides is 3. The van der Waals surface area contributed by atoms with E-state index in [9.17, 15) is 32.8 Å². The third kappa shape index (κ3) is 7.30. The first-order chi connectivity index (χ1) is 29.2. The van der Waals surface area contributed by atoms with E-state index in [1.165, 1.54) is 44.0 Å². The molecule has 6 aliphatic rings. The summed E-state index contributed by atoms with van der Waals surface area (Å²) in [4.78, 5) is 44.6. The molecule has 6 heterocycles. The number of amides is 1. The minimum absolute atomic E-state index is 0.0427. The molecule has 2 fully saturated rings. The van der Waals surface area contributed by atoms with Gasteiger partial charge in [-0.15, -0.1) is 11.8 Å². The van der Waals surface area contributed by atoms with Crippen molar-refractivity contribution in [2.45, 2.75) is 74.9 Å². The van der Waals surface area contributed by atoms with E-state index in [4.69, 9.17) is 33.2 Å².